The molecule has 9 nitrogen and oxygen atoms in total. The summed E-state index contributed by atoms with van der Waals surface area (Å²) in [4.78, 5) is 4.31. The number of methoxy groups -OCH3 is 1. The fraction of sp³-hybridized carbons (Fsp3) is 0.222. The van der Waals surface area contributed by atoms with Crippen LogP contribution in [0.5, 0.6) is 5.75 Å². The molecule has 1 aliphatic carbocycles. The standard InChI is InChI=1S/C18H16N8O/c1-27-15-5-12(22-10-20)4-13(6-15)24-17-7-16(23-11-2-3-11)18-21-9-14(8-19)26(18)25-17/h4-7,9,11,22-23H,2-3H2,1H3,(H,24,25). The highest BCUT2D eigenvalue weighted by Crippen LogP contribution is 2.30. The molecule has 0 amide bonds. The number of hydrogen-bond donors (Lipinski definition) is 3. The van der Waals surface area contributed by atoms with E-state index in [9.17, 15) is 5.26 Å². The minimum Gasteiger partial charge on any atom is -0.497 e. The first-order valence-electron chi connectivity index (χ1n) is 8.37. The Balaban J connectivity index is 1.74. The predicted molar refractivity (Wildman–Crippen MR) is 99.9 cm³/mol. The molecule has 1 aromatic carbocycles. The summed E-state index contributed by atoms with van der Waals surface area (Å²) in [6, 6.07) is 9.66. The second-order valence-corrected chi connectivity index (χ2v) is 6.16. The molecule has 0 atom stereocenters. The SMILES string of the molecule is COc1cc(NC#N)cc(Nc2cc(NC3CC3)c3ncc(C#N)n3n2)c1. The zero-order valence-electron chi connectivity index (χ0n) is 14.5. The number of benzene rings is 1. The number of anilines is 4. The highest BCUT2D eigenvalue weighted by molar-refractivity contribution is 5.74. The fourth-order valence-corrected chi connectivity index (χ4v) is 2.73. The van der Waals surface area contributed by atoms with Crippen LogP contribution in [0.25, 0.3) is 5.65 Å². The molecule has 3 aromatic rings. The molecule has 4 rings (SSSR count). The molecule has 1 saturated carbocycles. The zero-order chi connectivity index (χ0) is 18.8. The summed E-state index contributed by atoms with van der Waals surface area (Å²) in [5.41, 5.74) is 3.06. The van der Waals surface area contributed by atoms with Gasteiger partial charge in [0.1, 0.15) is 11.8 Å². The summed E-state index contributed by atoms with van der Waals surface area (Å²) < 4.78 is 6.79. The quantitative estimate of drug-likeness (QED) is 0.453. The van der Waals surface area contributed by atoms with E-state index in [0.29, 0.717) is 40.3 Å². The average Bonchev–Trinajstić information content (AvgIpc) is 3.38. The third-order valence-electron chi connectivity index (χ3n) is 4.13. The second-order valence-electron chi connectivity index (χ2n) is 6.16. The third kappa shape index (κ3) is 3.39. The Morgan fingerprint density at radius 1 is 1.19 bits per heavy atom. The Morgan fingerprint density at radius 2 is 2.00 bits per heavy atom. The van der Waals surface area contributed by atoms with Crippen LogP contribution in [0.1, 0.15) is 18.5 Å². The van der Waals surface area contributed by atoms with E-state index < -0.39 is 0 Å². The van der Waals surface area contributed by atoms with Gasteiger partial charge in [0, 0.05) is 29.9 Å². The van der Waals surface area contributed by atoms with Gasteiger partial charge in [-0.05, 0) is 18.9 Å². The number of hydrogen-bond acceptors (Lipinski definition) is 8. The van der Waals surface area contributed by atoms with E-state index in [4.69, 9.17) is 10.00 Å². The smallest absolute Gasteiger partial charge is 0.181 e. The fourth-order valence-electron chi connectivity index (χ4n) is 2.73. The van der Waals surface area contributed by atoms with Gasteiger partial charge >= 0.3 is 0 Å². The first-order valence-corrected chi connectivity index (χ1v) is 8.37. The van der Waals surface area contributed by atoms with E-state index in [1.54, 1.807) is 25.3 Å². The maximum atomic E-state index is 9.31. The van der Waals surface area contributed by atoms with Crippen molar-refractivity contribution >= 4 is 28.5 Å². The molecule has 27 heavy (non-hydrogen) atoms. The molecular weight excluding hydrogens is 344 g/mol. The van der Waals surface area contributed by atoms with E-state index >= 15 is 0 Å². The van der Waals surface area contributed by atoms with Crippen LogP contribution in [0.2, 0.25) is 0 Å². The van der Waals surface area contributed by atoms with E-state index in [0.717, 1.165) is 18.5 Å². The Morgan fingerprint density at radius 3 is 2.70 bits per heavy atom. The minimum atomic E-state index is 0.352. The summed E-state index contributed by atoms with van der Waals surface area (Å²) in [5.74, 6) is 1.13. The topological polar surface area (TPSA) is 123 Å². The summed E-state index contributed by atoms with van der Waals surface area (Å²) in [6.07, 6.45) is 5.62. The maximum Gasteiger partial charge on any atom is 0.181 e. The minimum absolute atomic E-state index is 0.352. The lowest BCUT2D eigenvalue weighted by molar-refractivity contribution is 0.415. The van der Waals surface area contributed by atoms with Crippen LogP contribution in [0.3, 0.4) is 0 Å². The lowest BCUT2D eigenvalue weighted by atomic mass is 10.2. The molecule has 1 fully saturated rings. The molecule has 2 aromatic heterocycles. The number of ether oxygens (including phenoxy) is 1. The van der Waals surface area contributed by atoms with Gasteiger partial charge in [-0.1, -0.05) is 0 Å². The first-order chi connectivity index (χ1) is 13.2. The van der Waals surface area contributed by atoms with Gasteiger partial charge < -0.3 is 15.4 Å². The van der Waals surface area contributed by atoms with Crippen molar-refractivity contribution in [3.05, 3.63) is 36.2 Å². The van der Waals surface area contributed by atoms with Gasteiger partial charge in [0.05, 0.1) is 24.7 Å². The van der Waals surface area contributed by atoms with Crippen LogP contribution in [-0.2, 0) is 0 Å². The van der Waals surface area contributed by atoms with Gasteiger partial charge in [0.15, 0.2) is 23.4 Å². The molecule has 0 aliphatic heterocycles. The molecule has 9 heteroatoms. The summed E-state index contributed by atoms with van der Waals surface area (Å²) in [5, 5.41) is 31.9. The van der Waals surface area contributed by atoms with Crippen molar-refractivity contribution in [3.63, 3.8) is 0 Å². The molecule has 0 bridgehead atoms. The van der Waals surface area contributed by atoms with E-state index in [2.05, 4.69) is 32.1 Å². The normalized spacial score (nSPS) is 12.9. The average molecular weight is 360 g/mol. The van der Waals surface area contributed by atoms with Crippen molar-refractivity contribution in [3.8, 4) is 18.0 Å². The largest absolute Gasteiger partial charge is 0.497 e. The van der Waals surface area contributed by atoms with E-state index in [1.807, 2.05) is 12.3 Å². The van der Waals surface area contributed by atoms with E-state index in [-0.39, 0.29) is 0 Å². The van der Waals surface area contributed by atoms with Crippen LogP contribution in [0.4, 0.5) is 22.9 Å². The van der Waals surface area contributed by atoms with Crippen molar-refractivity contribution in [1.29, 1.82) is 10.5 Å². The molecule has 3 N–H and O–H groups in total. The number of imidazole rings is 1. The number of nitrogens with zero attached hydrogens (tertiary/aromatic N) is 5. The lowest BCUT2D eigenvalue weighted by Crippen LogP contribution is -2.08. The van der Waals surface area contributed by atoms with Crippen molar-refractivity contribution in [2.24, 2.45) is 0 Å². The lowest BCUT2D eigenvalue weighted by Gasteiger charge is -2.12. The van der Waals surface area contributed by atoms with Crippen LogP contribution in [0.15, 0.2) is 30.5 Å². The van der Waals surface area contributed by atoms with Crippen LogP contribution in [0, 0.1) is 22.8 Å². The van der Waals surface area contributed by atoms with Gasteiger partial charge in [0.25, 0.3) is 0 Å². The molecular formula is C18H16N8O. The summed E-state index contributed by atoms with van der Waals surface area (Å²) in [6.45, 7) is 0. The van der Waals surface area contributed by atoms with Crippen LogP contribution < -0.4 is 20.7 Å². The molecule has 0 radical (unpaired) electrons. The third-order valence-corrected chi connectivity index (χ3v) is 4.13. The van der Waals surface area contributed by atoms with Gasteiger partial charge in [-0.2, -0.15) is 15.0 Å². The van der Waals surface area contributed by atoms with Gasteiger partial charge in [-0.3, -0.25) is 5.32 Å². The maximum absolute atomic E-state index is 9.31. The summed E-state index contributed by atoms with van der Waals surface area (Å²) >= 11 is 0. The first kappa shape index (κ1) is 16.5. The molecule has 0 spiro atoms. The molecule has 134 valence electrons. The van der Waals surface area contributed by atoms with E-state index in [1.165, 1.54) is 10.7 Å². The van der Waals surface area contributed by atoms with Crippen molar-refractivity contribution < 1.29 is 4.74 Å². The Hall–Kier alpha value is -3.98. The Labute approximate surface area is 155 Å². The monoisotopic (exact) mass is 360 g/mol. The zero-order valence-corrected chi connectivity index (χ0v) is 14.5. The number of nitriles is 2. The highest BCUT2D eigenvalue weighted by Gasteiger charge is 2.23. The van der Waals surface area contributed by atoms with Crippen LogP contribution >= 0.6 is 0 Å². The molecule has 0 saturated heterocycles. The number of nitrogens with one attached hydrogen (secondary N) is 3. The number of fused-ring (bicyclic) bond motifs is 1. The van der Waals surface area contributed by atoms with Gasteiger partial charge in [0.2, 0.25) is 0 Å². The molecule has 1 aliphatic rings. The van der Waals surface area contributed by atoms with Crippen molar-refractivity contribution in [1.82, 2.24) is 14.6 Å². The Bertz CT molecular complexity index is 1090. The highest BCUT2D eigenvalue weighted by atomic mass is 16.5. The second kappa shape index (κ2) is 6.73. The Kier molecular flexibility index (Phi) is 4.11. The predicted octanol–water partition coefficient (Wildman–Crippen LogP) is 2.82. The van der Waals surface area contributed by atoms with Crippen LogP contribution in [-0.4, -0.2) is 27.7 Å². The molecule has 2 heterocycles. The van der Waals surface area contributed by atoms with Gasteiger partial charge in [-0.15, -0.1) is 5.10 Å². The van der Waals surface area contributed by atoms with Crippen molar-refractivity contribution in [2.45, 2.75) is 18.9 Å². The number of aromatic nitrogens is 3. The van der Waals surface area contributed by atoms with Crippen molar-refractivity contribution in [2.75, 3.05) is 23.1 Å². The number of rotatable bonds is 6. The van der Waals surface area contributed by atoms with Gasteiger partial charge in [-0.25, -0.2) is 4.98 Å². The molecule has 0 unspecified atom stereocenters. The summed E-state index contributed by atoms with van der Waals surface area (Å²) in [7, 11) is 1.56.